The Morgan fingerprint density at radius 3 is 2.93 bits per heavy atom. The van der Waals surface area contributed by atoms with Gasteiger partial charge in [-0.25, -0.2) is 0 Å². The van der Waals surface area contributed by atoms with E-state index in [1.54, 1.807) is 0 Å². The van der Waals surface area contributed by atoms with E-state index in [-0.39, 0.29) is 6.10 Å². The Hall–Kier alpha value is -0.560. The summed E-state index contributed by atoms with van der Waals surface area (Å²) in [6, 6.07) is 0. The average molecular weight is 194 g/mol. The number of allylic oxidation sites excluding steroid dienone is 4. The first-order chi connectivity index (χ1) is 6.74. The SMILES string of the molecule is CCCC(O)CCC1=CC=CC[C@H]1C. The standard InChI is InChI=1S/C13H22O/c1-3-6-13(14)10-9-12-8-5-4-7-11(12)2/h4-5,8,11,13-14H,3,6-7,9-10H2,1-2H3/t11-,13?/m1/s1. The van der Waals surface area contributed by atoms with Gasteiger partial charge in [0.15, 0.2) is 0 Å². The van der Waals surface area contributed by atoms with Gasteiger partial charge in [0.25, 0.3) is 0 Å². The smallest absolute Gasteiger partial charge is 0.0543 e. The van der Waals surface area contributed by atoms with Crippen molar-refractivity contribution in [3.63, 3.8) is 0 Å². The lowest BCUT2D eigenvalue weighted by Gasteiger charge is -2.18. The number of rotatable bonds is 5. The van der Waals surface area contributed by atoms with Crippen LogP contribution >= 0.6 is 0 Å². The van der Waals surface area contributed by atoms with Gasteiger partial charge in [-0.1, -0.05) is 44.1 Å². The van der Waals surface area contributed by atoms with Crippen molar-refractivity contribution in [2.24, 2.45) is 5.92 Å². The molecule has 0 bridgehead atoms. The molecule has 1 unspecified atom stereocenters. The highest BCUT2D eigenvalue weighted by Crippen LogP contribution is 2.24. The van der Waals surface area contributed by atoms with Crippen LogP contribution in [0.2, 0.25) is 0 Å². The van der Waals surface area contributed by atoms with Crippen LogP contribution in [0.3, 0.4) is 0 Å². The molecule has 1 aliphatic carbocycles. The molecule has 0 aliphatic heterocycles. The summed E-state index contributed by atoms with van der Waals surface area (Å²) in [5, 5.41) is 9.62. The molecular weight excluding hydrogens is 172 g/mol. The predicted molar refractivity (Wildman–Crippen MR) is 61.2 cm³/mol. The summed E-state index contributed by atoms with van der Waals surface area (Å²) < 4.78 is 0. The minimum atomic E-state index is -0.0981. The van der Waals surface area contributed by atoms with Crippen molar-refractivity contribution in [1.82, 2.24) is 0 Å². The van der Waals surface area contributed by atoms with Crippen molar-refractivity contribution in [2.45, 2.75) is 52.1 Å². The van der Waals surface area contributed by atoms with Crippen LogP contribution in [0.5, 0.6) is 0 Å². The third-order valence-corrected chi connectivity index (χ3v) is 2.96. The van der Waals surface area contributed by atoms with E-state index in [1.165, 1.54) is 5.57 Å². The normalized spacial score (nSPS) is 23.4. The molecule has 1 aliphatic rings. The Bertz CT molecular complexity index is 215. The largest absolute Gasteiger partial charge is 0.393 e. The third kappa shape index (κ3) is 3.67. The summed E-state index contributed by atoms with van der Waals surface area (Å²) in [5.74, 6) is 0.675. The second-order valence-corrected chi connectivity index (χ2v) is 4.29. The zero-order chi connectivity index (χ0) is 10.4. The van der Waals surface area contributed by atoms with Crippen LogP contribution in [0.4, 0.5) is 0 Å². The lowest BCUT2D eigenvalue weighted by Crippen LogP contribution is -2.09. The number of hydrogen-bond donors (Lipinski definition) is 1. The Kier molecular flexibility index (Phi) is 4.95. The van der Waals surface area contributed by atoms with Gasteiger partial charge in [0, 0.05) is 0 Å². The number of aliphatic hydroxyl groups is 1. The van der Waals surface area contributed by atoms with Crippen molar-refractivity contribution in [1.29, 1.82) is 0 Å². The highest BCUT2D eigenvalue weighted by molar-refractivity contribution is 5.20. The lowest BCUT2D eigenvalue weighted by atomic mass is 9.89. The summed E-state index contributed by atoms with van der Waals surface area (Å²) in [6.45, 7) is 4.38. The van der Waals surface area contributed by atoms with Gasteiger partial charge >= 0.3 is 0 Å². The molecule has 80 valence electrons. The van der Waals surface area contributed by atoms with Gasteiger partial charge in [-0.05, 0) is 31.6 Å². The van der Waals surface area contributed by atoms with Crippen LogP contribution < -0.4 is 0 Å². The van der Waals surface area contributed by atoms with E-state index in [9.17, 15) is 5.11 Å². The summed E-state index contributed by atoms with van der Waals surface area (Å²) in [7, 11) is 0. The van der Waals surface area contributed by atoms with Gasteiger partial charge in [-0.3, -0.25) is 0 Å². The molecule has 2 atom stereocenters. The van der Waals surface area contributed by atoms with E-state index < -0.39 is 0 Å². The maximum Gasteiger partial charge on any atom is 0.0543 e. The van der Waals surface area contributed by atoms with Gasteiger partial charge in [0.05, 0.1) is 6.10 Å². The van der Waals surface area contributed by atoms with Gasteiger partial charge in [-0.2, -0.15) is 0 Å². The third-order valence-electron chi connectivity index (χ3n) is 2.96. The molecule has 0 saturated heterocycles. The highest BCUT2D eigenvalue weighted by Gasteiger charge is 2.11. The molecule has 0 fully saturated rings. The molecule has 0 aromatic carbocycles. The monoisotopic (exact) mass is 194 g/mol. The average Bonchev–Trinajstić information content (AvgIpc) is 2.17. The van der Waals surface area contributed by atoms with E-state index >= 15 is 0 Å². The van der Waals surface area contributed by atoms with Crippen LogP contribution in [-0.4, -0.2) is 11.2 Å². The first-order valence-electron chi connectivity index (χ1n) is 5.77. The van der Waals surface area contributed by atoms with Crippen LogP contribution in [-0.2, 0) is 0 Å². The Labute approximate surface area is 87.5 Å². The highest BCUT2D eigenvalue weighted by atomic mass is 16.3. The van der Waals surface area contributed by atoms with E-state index in [0.717, 1.165) is 32.1 Å². The fraction of sp³-hybridized carbons (Fsp3) is 0.692. The Balaban J connectivity index is 2.29. The van der Waals surface area contributed by atoms with Crippen LogP contribution in [0.25, 0.3) is 0 Å². The van der Waals surface area contributed by atoms with Crippen molar-refractivity contribution in [2.75, 3.05) is 0 Å². The Morgan fingerprint density at radius 1 is 1.50 bits per heavy atom. The van der Waals surface area contributed by atoms with Gasteiger partial charge in [0.1, 0.15) is 0 Å². The summed E-state index contributed by atoms with van der Waals surface area (Å²) in [5.41, 5.74) is 1.50. The first kappa shape index (κ1) is 11.5. The summed E-state index contributed by atoms with van der Waals surface area (Å²) in [4.78, 5) is 0. The first-order valence-corrected chi connectivity index (χ1v) is 5.77. The molecule has 0 saturated carbocycles. The van der Waals surface area contributed by atoms with Crippen molar-refractivity contribution >= 4 is 0 Å². The van der Waals surface area contributed by atoms with Gasteiger partial charge in [0.2, 0.25) is 0 Å². The molecule has 0 spiro atoms. The molecule has 0 aromatic heterocycles. The maximum absolute atomic E-state index is 9.62. The molecule has 1 heteroatoms. The molecule has 0 heterocycles. The molecule has 0 radical (unpaired) electrons. The predicted octanol–water partition coefficient (Wildman–Crippen LogP) is 3.45. The zero-order valence-corrected chi connectivity index (χ0v) is 9.37. The molecule has 0 amide bonds. The molecule has 1 N–H and O–H groups in total. The zero-order valence-electron chi connectivity index (χ0n) is 9.37. The van der Waals surface area contributed by atoms with Crippen LogP contribution in [0, 0.1) is 5.92 Å². The summed E-state index contributed by atoms with van der Waals surface area (Å²) >= 11 is 0. The molecule has 1 nitrogen and oxygen atoms in total. The fourth-order valence-corrected chi connectivity index (χ4v) is 1.93. The molecule has 1 rings (SSSR count). The molecule has 0 aromatic rings. The molecule has 14 heavy (non-hydrogen) atoms. The van der Waals surface area contributed by atoms with Crippen LogP contribution in [0.15, 0.2) is 23.8 Å². The quantitative estimate of drug-likeness (QED) is 0.710. The van der Waals surface area contributed by atoms with E-state index in [2.05, 4.69) is 32.1 Å². The minimum Gasteiger partial charge on any atom is -0.393 e. The van der Waals surface area contributed by atoms with Crippen LogP contribution in [0.1, 0.15) is 46.0 Å². The fourth-order valence-electron chi connectivity index (χ4n) is 1.93. The van der Waals surface area contributed by atoms with E-state index in [1.807, 2.05) is 0 Å². The topological polar surface area (TPSA) is 20.2 Å². The van der Waals surface area contributed by atoms with Gasteiger partial charge in [-0.15, -0.1) is 0 Å². The van der Waals surface area contributed by atoms with Crippen molar-refractivity contribution < 1.29 is 5.11 Å². The lowest BCUT2D eigenvalue weighted by molar-refractivity contribution is 0.153. The number of hydrogen-bond acceptors (Lipinski definition) is 1. The maximum atomic E-state index is 9.62. The second-order valence-electron chi connectivity index (χ2n) is 4.29. The van der Waals surface area contributed by atoms with Crippen molar-refractivity contribution in [3.05, 3.63) is 23.8 Å². The van der Waals surface area contributed by atoms with Crippen molar-refractivity contribution in [3.8, 4) is 0 Å². The van der Waals surface area contributed by atoms with E-state index in [0.29, 0.717) is 5.92 Å². The summed E-state index contributed by atoms with van der Waals surface area (Å²) in [6.07, 6.45) is 11.7. The van der Waals surface area contributed by atoms with E-state index in [4.69, 9.17) is 0 Å². The second kappa shape index (κ2) is 6.02. The number of aliphatic hydroxyl groups excluding tert-OH is 1. The Morgan fingerprint density at radius 2 is 2.29 bits per heavy atom. The minimum absolute atomic E-state index is 0.0981. The molecular formula is C13H22O. The van der Waals surface area contributed by atoms with Gasteiger partial charge < -0.3 is 5.11 Å².